The van der Waals surface area contributed by atoms with Gasteiger partial charge in [0.15, 0.2) is 0 Å². The third kappa shape index (κ3) is 4.88. The van der Waals surface area contributed by atoms with Gasteiger partial charge in [0.1, 0.15) is 0 Å². The van der Waals surface area contributed by atoms with Crippen LogP contribution in [0.2, 0.25) is 10.0 Å². The van der Waals surface area contributed by atoms with Gasteiger partial charge in [-0.15, -0.1) is 0 Å². The largest absolute Gasteiger partial charge is 0.352 e. The first-order valence-corrected chi connectivity index (χ1v) is 7.22. The lowest BCUT2D eigenvalue weighted by molar-refractivity contribution is -0.116. The smallest absolute Gasteiger partial charge is 0.244 e. The summed E-state index contributed by atoms with van der Waals surface area (Å²) >= 11 is 11.9. The Kier molecular flexibility index (Phi) is 5.78. The number of aromatic nitrogens is 1. The minimum absolute atomic E-state index is 0.179. The molecule has 0 unspecified atom stereocenters. The summed E-state index contributed by atoms with van der Waals surface area (Å²) in [7, 11) is 0. The van der Waals surface area contributed by atoms with Gasteiger partial charge < -0.3 is 5.32 Å². The Morgan fingerprint density at radius 1 is 1.19 bits per heavy atom. The van der Waals surface area contributed by atoms with Crippen LogP contribution in [0, 0.1) is 0 Å². The molecule has 0 spiro atoms. The number of hydrogen-bond acceptors (Lipinski definition) is 2. The Hall–Kier alpha value is -1.84. The van der Waals surface area contributed by atoms with E-state index in [4.69, 9.17) is 23.2 Å². The summed E-state index contributed by atoms with van der Waals surface area (Å²) in [5.41, 5.74) is 1.66. The second kappa shape index (κ2) is 7.81. The highest BCUT2D eigenvalue weighted by Gasteiger charge is 2.02. The first-order chi connectivity index (χ1) is 10.2. The van der Waals surface area contributed by atoms with E-state index in [1.807, 2.05) is 18.2 Å². The molecule has 2 rings (SSSR count). The predicted octanol–water partition coefficient (Wildman–Crippen LogP) is 3.76. The van der Waals surface area contributed by atoms with Crippen molar-refractivity contribution in [2.24, 2.45) is 0 Å². The van der Waals surface area contributed by atoms with Gasteiger partial charge in [0.2, 0.25) is 5.91 Å². The average molecular weight is 321 g/mol. The lowest BCUT2D eigenvalue weighted by atomic mass is 10.2. The summed E-state index contributed by atoms with van der Waals surface area (Å²) in [5.74, 6) is -0.179. The van der Waals surface area contributed by atoms with Crippen molar-refractivity contribution in [2.75, 3.05) is 6.54 Å². The van der Waals surface area contributed by atoms with Crippen LogP contribution >= 0.6 is 23.2 Å². The van der Waals surface area contributed by atoms with Crippen LogP contribution < -0.4 is 5.32 Å². The number of nitrogens with zero attached hydrogens (tertiary/aromatic N) is 1. The van der Waals surface area contributed by atoms with Crippen LogP contribution in [-0.4, -0.2) is 17.4 Å². The molecule has 0 radical (unpaired) electrons. The van der Waals surface area contributed by atoms with Crippen molar-refractivity contribution in [1.29, 1.82) is 0 Å². The summed E-state index contributed by atoms with van der Waals surface area (Å²) in [6.45, 7) is 0.531. The maximum atomic E-state index is 11.7. The van der Waals surface area contributed by atoms with Gasteiger partial charge in [-0.1, -0.05) is 41.4 Å². The molecule has 0 bridgehead atoms. The number of pyridine rings is 1. The van der Waals surface area contributed by atoms with Gasteiger partial charge in [0, 0.05) is 30.9 Å². The molecule has 1 amide bonds. The highest BCUT2D eigenvalue weighted by atomic mass is 35.5. The average Bonchev–Trinajstić information content (AvgIpc) is 2.50. The van der Waals surface area contributed by atoms with Crippen LogP contribution in [0.4, 0.5) is 0 Å². The molecule has 0 aliphatic carbocycles. The van der Waals surface area contributed by atoms with E-state index in [9.17, 15) is 4.79 Å². The molecule has 21 heavy (non-hydrogen) atoms. The molecule has 0 saturated heterocycles. The minimum Gasteiger partial charge on any atom is -0.352 e. The van der Waals surface area contributed by atoms with Crippen LogP contribution in [0.5, 0.6) is 0 Å². The van der Waals surface area contributed by atoms with E-state index >= 15 is 0 Å². The van der Waals surface area contributed by atoms with E-state index in [-0.39, 0.29) is 5.91 Å². The van der Waals surface area contributed by atoms with Crippen molar-refractivity contribution in [3.05, 3.63) is 70.0 Å². The van der Waals surface area contributed by atoms with Gasteiger partial charge in [0.25, 0.3) is 0 Å². The zero-order valence-corrected chi connectivity index (χ0v) is 12.7. The third-order valence-corrected chi connectivity index (χ3v) is 3.64. The van der Waals surface area contributed by atoms with Gasteiger partial charge >= 0.3 is 0 Å². The summed E-state index contributed by atoms with van der Waals surface area (Å²) in [4.78, 5) is 15.9. The highest BCUT2D eigenvalue weighted by molar-refractivity contribution is 6.42. The number of amides is 1. The van der Waals surface area contributed by atoms with Gasteiger partial charge in [-0.3, -0.25) is 9.78 Å². The molecule has 0 atom stereocenters. The number of rotatable bonds is 5. The Morgan fingerprint density at radius 2 is 2.05 bits per heavy atom. The topological polar surface area (TPSA) is 42.0 Å². The zero-order valence-electron chi connectivity index (χ0n) is 11.2. The molecule has 1 heterocycles. The fraction of sp³-hybridized carbons (Fsp3) is 0.125. The van der Waals surface area contributed by atoms with Gasteiger partial charge in [-0.25, -0.2) is 0 Å². The Bertz CT molecular complexity index is 642. The van der Waals surface area contributed by atoms with Crippen molar-refractivity contribution in [3.8, 4) is 0 Å². The number of carbonyl (C=O) groups excluding carboxylic acids is 1. The number of benzene rings is 1. The summed E-state index contributed by atoms with van der Waals surface area (Å²) in [6, 6.07) is 11.0. The summed E-state index contributed by atoms with van der Waals surface area (Å²) < 4.78 is 0. The van der Waals surface area contributed by atoms with Crippen molar-refractivity contribution < 1.29 is 4.79 Å². The van der Waals surface area contributed by atoms with E-state index in [0.717, 1.165) is 5.69 Å². The number of nitrogens with one attached hydrogen (secondary N) is 1. The van der Waals surface area contributed by atoms with Crippen molar-refractivity contribution in [3.63, 3.8) is 0 Å². The van der Waals surface area contributed by atoms with E-state index in [1.165, 1.54) is 6.08 Å². The van der Waals surface area contributed by atoms with E-state index in [1.54, 1.807) is 30.5 Å². The van der Waals surface area contributed by atoms with E-state index < -0.39 is 0 Å². The molecule has 5 heteroatoms. The lowest BCUT2D eigenvalue weighted by Crippen LogP contribution is -2.23. The number of carbonyl (C=O) groups is 1. The fourth-order valence-electron chi connectivity index (χ4n) is 1.73. The van der Waals surface area contributed by atoms with Crippen LogP contribution in [0.3, 0.4) is 0 Å². The molecule has 2 aromatic rings. The van der Waals surface area contributed by atoms with Gasteiger partial charge in [-0.05, 0) is 29.8 Å². The second-order valence-electron chi connectivity index (χ2n) is 4.34. The normalized spacial score (nSPS) is 10.8. The van der Waals surface area contributed by atoms with Crippen LogP contribution in [0.1, 0.15) is 11.3 Å². The molecule has 1 aromatic carbocycles. The van der Waals surface area contributed by atoms with Crippen LogP contribution in [-0.2, 0) is 11.2 Å². The minimum atomic E-state index is -0.179. The van der Waals surface area contributed by atoms with E-state index in [0.29, 0.717) is 28.6 Å². The Balaban J connectivity index is 1.84. The molecule has 1 aromatic heterocycles. The third-order valence-electron chi connectivity index (χ3n) is 2.80. The Morgan fingerprint density at radius 3 is 2.81 bits per heavy atom. The van der Waals surface area contributed by atoms with E-state index in [2.05, 4.69) is 10.3 Å². The molecule has 1 N–H and O–H groups in total. The zero-order chi connectivity index (χ0) is 15.1. The fourth-order valence-corrected chi connectivity index (χ4v) is 2.10. The molecule has 0 aliphatic heterocycles. The molecular formula is C16H14Cl2N2O. The van der Waals surface area contributed by atoms with Crippen LogP contribution in [0.25, 0.3) is 6.08 Å². The Labute approximate surface area is 133 Å². The molecule has 108 valence electrons. The van der Waals surface area contributed by atoms with Gasteiger partial charge in [-0.2, -0.15) is 0 Å². The van der Waals surface area contributed by atoms with Crippen molar-refractivity contribution in [2.45, 2.75) is 6.42 Å². The predicted molar refractivity (Wildman–Crippen MR) is 86.4 cm³/mol. The number of hydrogen-bond donors (Lipinski definition) is 1. The summed E-state index contributed by atoms with van der Waals surface area (Å²) in [5, 5.41) is 3.70. The highest BCUT2D eigenvalue weighted by Crippen LogP contribution is 2.26. The number of halogens is 2. The van der Waals surface area contributed by atoms with Crippen molar-refractivity contribution >= 4 is 35.2 Å². The maximum Gasteiger partial charge on any atom is 0.244 e. The second-order valence-corrected chi connectivity index (χ2v) is 5.12. The molecular weight excluding hydrogens is 307 g/mol. The van der Waals surface area contributed by atoms with Crippen molar-refractivity contribution in [1.82, 2.24) is 10.3 Å². The SMILES string of the molecule is O=C(/C=C/c1cccc(Cl)c1Cl)NCCc1ccccn1. The molecule has 3 nitrogen and oxygen atoms in total. The molecule has 0 aliphatic rings. The quantitative estimate of drug-likeness (QED) is 0.852. The lowest BCUT2D eigenvalue weighted by Gasteiger charge is -2.02. The molecule has 0 saturated carbocycles. The maximum absolute atomic E-state index is 11.7. The van der Waals surface area contributed by atoms with Gasteiger partial charge in [0.05, 0.1) is 10.0 Å². The first-order valence-electron chi connectivity index (χ1n) is 6.46. The first kappa shape index (κ1) is 15.5. The molecule has 0 fully saturated rings. The monoisotopic (exact) mass is 320 g/mol. The summed E-state index contributed by atoms with van der Waals surface area (Å²) in [6.07, 6.45) is 5.51. The standard InChI is InChI=1S/C16H14Cl2N2O/c17-14-6-3-4-12(16(14)18)7-8-15(21)20-11-9-13-5-1-2-10-19-13/h1-8,10H,9,11H2,(H,20,21)/b8-7+. The van der Waals surface area contributed by atoms with Crippen LogP contribution in [0.15, 0.2) is 48.7 Å².